The van der Waals surface area contributed by atoms with Gasteiger partial charge in [-0.1, -0.05) is 0 Å². The third-order valence-electron chi connectivity index (χ3n) is 1.08. The predicted octanol–water partition coefficient (Wildman–Crippen LogP) is -0.0243. The first-order valence-corrected chi connectivity index (χ1v) is 9.92. The van der Waals surface area contributed by atoms with Crippen molar-refractivity contribution in [1.82, 2.24) is 0 Å². The molecule has 0 heterocycles. The SMILES string of the molecule is C[S](=O)(=O)[Sn][c]1ccccc1. The Bertz CT molecular complexity index is 318. The molecule has 0 fully saturated rings. The monoisotopic (exact) mass is 276 g/mol. The van der Waals surface area contributed by atoms with Crippen LogP contribution in [-0.2, 0) is 7.02 Å². The molecule has 0 spiro atoms. The fourth-order valence-corrected chi connectivity index (χ4v) is 6.66. The Morgan fingerprint density at radius 1 is 1.18 bits per heavy atom. The van der Waals surface area contributed by atoms with E-state index in [0.29, 0.717) is 0 Å². The molecule has 1 aromatic carbocycles. The second-order valence-corrected chi connectivity index (χ2v) is 13.7. The Kier molecular flexibility index (Phi) is 2.95. The van der Waals surface area contributed by atoms with Gasteiger partial charge in [-0.15, -0.1) is 0 Å². The number of rotatable bonds is 2. The van der Waals surface area contributed by atoms with Crippen molar-refractivity contribution in [2.24, 2.45) is 0 Å². The fourth-order valence-electron chi connectivity index (χ4n) is 0.720. The van der Waals surface area contributed by atoms with Gasteiger partial charge in [-0.2, -0.15) is 0 Å². The molecule has 0 N–H and O–H groups in total. The number of hydrogen-bond donors (Lipinski definition) is 0. The molecule has 0 unspecified atom stereocenters. The molecule has 2 radical (unpaired) electrons. The van der Waals surface area contributed by atoms with Crippen molar-refractivity contribution in [3.05, 3.63) is 30.3 Å². The topological polar surface area (TPSA) is 34.1 Å². The number of benzene rings is 1. The van der Waals surface area contributed by atoms with Crippen LogP contribution in [0.25, 0.3) is 0 Å². The normalized spacial score (nSPS) is 11.4. The van der Waals surface area contributed by atoms with Gasteiger partial charge in [0.05, 0.1) is 0 Å². The second-order valence-electron chi connectivity index (χ2n) is 2.24. The third kappa shape index (κ3) is 3.76. The van der Waals surface area contributed by atoms with E-state index >= 15 is 0 Å². The van der Waals surface area contributed by atoms with Crippen LogP contribution >= 0.6 is 0 Å². The molecular weight excluding hydrogens is 267 g/mol. The summed E-state index contributed by atoms with van der Waals surface area (Å²) in [5.74, 6) is 0. The van der Waals surface area contributed by atoms with Crippen LogP contribution in [-0.4, -0.2) is 34.4 Å². The second kappa shape index (κ2) is 3.58. The van der Waals surface area contributed by atoms with Crippen LogP contribution in [0, 0.1) is 0 Å². The van der Waals surface area contributed by atoms with Gasteiger partial charge >= 0.3 is 75.4 Å². The third-order valence-corrected chi connectivity index (χ3v) is 7.83. The van der Waals surface area contributed by atoms with E-state index in [4.69, 9.17) is 0 Å². The van der Waals surface area contributed by atoms with E-state index in [9.17, 15) is 8.42 Å². The van der Waals surface area contributed by atoms with Gasteiger partial charge in [0.1, 0.15) is 0 Å². The molecule has 0 bridgehead atoms. The van der Waals surface area contributed by atoms with Gasteiger partial charge in [-0.3, -0.25) is 0 Å². The summed E-state index contributed by atoms with van der Waals surface area (Å²) in [5, 5.41) is 0. The molecule has 11 heavy (non-hydrogen) atoms. The van der Waals surface area contributed by atoms with Gasteiger partial charge in [-0.05, 0) is 0 Å². The zero-order valence-corrected chi connectivity index (χ0v) is 9.78. The predicted molar refractivity (Wildman–Crippen MR) is 46.7 cm³/mol. The first-order chi connectivity index (χ1) is 5.08. The Labute approximate surface area is 75.2 Å². The standard InChI is InChI=1S/C6H5.CH3O2S.Sn/c1-2-4-6-5-3-1;1-4(2)3;/h1-5H;1H3;. The van der Waals surface area contributed by atoms with E-state index in [1.807, 2.05) is 30.3 Å². The molecule has 0 aliphatic heterocycles. The van der Waals surface area contributed by atoms with Gasteiger partial charge in [0.25, 0.3) is 0 Å². The molecule has 0 saturated carbocycles. The zero-order valence-electron chi connectivity index (χ0n) is 6.11. The van der Waals surface area contributed by atoms with Gasteiger partial charge in [0, 0.05) is 0 Å². The van der Waals surface area contributed by atoms with Crippen LogP contribution in [0.2, 0.25) is 0 Å². The van der Waals surface area contributed by atoms with Crippen molar-refractivity contribution in [1.29, 1.82) is 0 Å². The van der Waals surface area contributed by atoms with Crippen molar-refractivity contribution in [2.45, 2.75) is 0 Å². The molecular formula is C7H8O2SSn. The first-order valence-electron chi connectivity index (χ1n) is 3.11. The van der Waals surface area contributed by atoms with Crippen LogP contribution in [0.3, 0.4) is 0 Å². The van der Waals surface area contributed by atoms with Crippen LogP contribution < -0.4 is 3.58 Å². The Balaban J connectivity index is 2.82. The van der Waals surface area contributed by atoms with E-state index in [-0.39, 0.29) is 0 Å². The van der Waals surface area contributed by atoms with Crippen molar-refractivity contribution >= 4 is 30.4 Å². The average Bonchev–Trinajstić information content (AvgIpc) is 1.85. The Morgan fingerprint density at radius 3 is 2.18 bits per heavy atom. The van der Waals surface area contributed by atoms with Crippen molar-refractivity contribution < 1.29 is 8.42 Å². The first kappa shape index (κ1) is 9.06. The van der Waals surface area contributed by atoms with Crippen molar-refractivity contribution in [3.63, 3.8) is 0 Å². The maximum atomic E-state index is 10.9. The van der Waals surface area contributed by atoms with E-state index in [1.165, 1.54) is 6.26 Å². The molecule has 1 rings (SSSR count). The summed E-state index contributed by atoms with van der Waals surface area (Å²) in [6.07, 6.45) is 1.31. The maximum absolute atomic E-state index is 10.9. The molecule has 0 aromatic heterocycles. The Hall–Kier alpha value is -0.0313. The van der Waals surface area contributed by atoms with E-state index < -0.39 is 26.8 Å². The zero-order chi connectivity index (χ0) is 8.32. The minimum absolute atomic E-state index is 1.01. The molecule has 0 saturated heterocycles. The molecule has 2 nitrogen and oxygen atoms in total. The van der Waals surface area contributed by atoms with Gasteiger partial charge in [-0.25, -0.2) is 0 Å². The summed E-state index contributed by atoms with van der Waals surface area (Å²) in [6, 6.07) is 9.41. The summed E-state index contributed by atoms with van der Waals surface area (Å²) < 4.78 is 22.8. The van der Waals surface area contributed by atoms with Crippen LogP contribution in [0.5, 0.6) is 0 Å². The van der Waals surface area contributed by atoms with E-state index in [2.05, 4.69) is 0 Å². The number of hydrogen-bond acceptors (Lipinski definition) is 2. The van der Waals surface area contributed by atoms with E-state index in [1.54, 1.807) is 0 Å². The molecule has 0 atom stereocenters. The van der Waals surface area contributed by atoms with Crippen molar-refractivity contribution in [3.8, 4) is 0 Å². The van der Waals surface area contributed by atoms with Gasteiger partial charge < -0.3 is 0 Å². The average molecular weight is 275 g/mol. The van der Waals surface area contributed by atoms with Crippen molar-refractivity contribution in [2.75, 3.05) is 6.26 Å². The van der Waals surface area contributed by atoms with Gasteiger partial charge in [0.2, 0.25) is 0 Å². The molecule has 0 aliphatic carbocycles. The van der Waals surface area contributed by atoms with Gasteiger partial charge in [0.15, 0.2) is 0 Å². The molecule has 0 aliphatic rings. The summed E-state index contributed by atoms with van der Waals surface area (Å²) in [5.41, 5.74) is 0. The molecule has 0 amide bonds. The van der Waals surface area contributed by atoms with Crippen LogP contribution in [0.1, 0.15) is 0 Å². The quantitative estimate of drug-likeness (QED) is 0.711. The summed E-state index contributed by atoms with van der Waals surface area (Å²) in [7, 11) is -2.71. The molecule has 1 aromatic rings. The van der Waals surface area contributed by atoms with Crippen LogP contribution in [0.15, 0.2) is 30.3 Å². The van der Waals surface area contributed by atoms with Crippen LogP contribution in [0.4, 0.5) is 0 Å². The molecule has 58 valence electrons. The summed E-state index contributed by atoms with van der Waals surface area (Å²) in [6.45, 7) is 0. The Morgan fingerprint density at radius 2 is 1.73 bits per heavy atom. The minimum atomic E-state index is -2.71. The summed E-state index contributed by atoms with van der Waals surface area (Å²) >= 11 is -1.38. The fraction of sp³-hybridized carbons (Fsp3) is 0.143. The molecule has 4 heteroatoms. The van der Waals surface area contributed by atoms with E-state index in [0.717, 1.165) is 3.58 Å². The summed E-state index contributed by atoms with van der Waals surface area (Å²) in [4.78, 5) is 0.